The van der Waals surface area contributed by atoms with Crippen LogP contribution >= 0.6 is 0 Å². The Morgan fingerprint density at radius 3 is 1.26 bits per heavy atom. The van der Waals surface area contributed by atoms with Crippen molar-refractivity contribution in [3.8, 4) is 72.7 Å². The van der Waals surface area contributed by atoms with E-state index in [-0.39, 0.29) is 0 Å². The molecule has 4 nitrogen and oxygen atoms in total. The summed E-state index contributed by atoms with van der Waals surface area (Å²) >= 11 is 0. The topological polar surface area (TPSA) is 44.1 Å². The average Bonchev–Trinajstić information content (AvgIpc) is 4.11. The number of nitrogens with zero attached hydrogens (tertiary/aromatic N) is 2. The molecule has 69 heavy (non-hydrogen) atoms. The van der Waals surface area contributed by atoms with Gasteiger partial charge in [-0.05, 0) is 105 Å². The molecule has 0 fully saturated rings. The summed E-state index contributed by atoms with van der Waals surface area (Å²) in [6.45, 7) is 0. The van der Waals surface area contributed by atoms with Gasteiger partial charge < -0.3 is 8.83 Å². The second-order valence-electron chi connectivity index (χ2n) is 17.9. The fourth-order valence-electron chi connectivity index (χ4n) is 10.5. The van der Waals surface area contributed by atoms with E-state index in [0.717, 1.165) is 133 Å². The minimum Gasteiger partial charge on any atom is -0.455 e. The van der Waals surface area contributed by atoms with Crippen LogP contribution in [0.5, 0.6) is 0 Å². The Morgan fingerprint density at radius 2 is 0.710 bits per heavy atom. The monoisotopic (exact) mass is 880 g/mol. The molecule has 0 atom stereocenters. The lowest BCUT2D eigenvalue weighted by Gasteiger charge is -2.14. The summed E-state index contributed by atoms with van der Waals surface area (Å²) in [7, 11) is 0. The van der Waals surface area contributed by atoms with E-state index in [1.54, 1.807) is 0 Å². The molecule has 0 aliphatic heterocycles. The quantitative estimate of drug-likeness (QED) is 0.160. The van der Waals surface area contributed by atoms with Crippen LogP contribution in [0, 0.1) is 0 Å². The third-order valence-corrected chi connectivity index (χ3v) is 13.8. The van der Waals surface area contributed by atoms with E-state index in [2.05, 4.69) is 223 Å². The first kappa shape index (κ1) is 39.0. The van der Waals surface area contributed by atoms with E-state index < -0.39 is 0 Å². The van der Waals surface area contributed by atoms with E-state index >= 15 is 0 Å². The van der Waals surface area contributed by atoms with Crippen molar-refractivity contribution in [3.63, 3.8) is 0 Å². The molecule has 0 N–H and O–H groups in total. The molecule has 0 saturated carbocycles. The number of pyridine rings is 1. The summed E-state index contributed by atoms with van der Waals surface area (Å²) in [4.78, 5) is 5.61. The zero-order chi connectivity index (χ0) is 45.4. The van der Waals surface area contributed by atoms with E-state index in [1.165, 1.54) is 5.56 Å². The molecule has 4 aromatic heterocycles. The molecule has 10 aromatic carbocycles. The van der Waals surface area contributed by atoms with Gasteiger partial charge in [0.25, 0.3) is 0 Å². The zero-order valence-corrected chi connectivity index (χ0v) is 37.3. The van der Waals surface area contributed by atoms with Gasteiger partial charge >= 0.3 is 0 Å². The van der Waals surface area contributed by atoms with Crippen molar-refractivity contribution in [3.05, 3.63) is 243 Å². The maximum Gasteiger partial charge on any atom is 0.143 e. The van der Waals surface area contributed by atoms with Crippen LogP contribution in [0.4, 0.5) is 0 Å². The number of hydrogen-bond acceptors (Lipinski definition) is 3. The van der Waals surface area contributed by atoms with Gasteiger partial charge in [0.1, 0.15) is 28.1 Å². The van der Waals surface area contributed by atoms with Crippen LogP contribution in [-0.2, 0) is 0 Å². The first-order valence-electron chi connectivity index (χ1n) is 23.4. The highest BCUT2D eigenvalue weighted by Crippen LogP contribution is 2.43. The summed E-state index contributed by atoms with van der Waals surface area (Å²) < 4.78 is 15.6. The van der Waals surface area contributed by atoms with Crippen molar-refractivity contribution in [2.45, 2.75) is 0 Å². The Bertz CT molecular complexity index is 4040. The van der Waals surface area contributed by atoms with Gasteiger partial charge in [-0.25, -0.2) is 4.98 Å². The predicted octanol–water partition coefficient (Wildman–Crippen LogP) is 18.0. The van der Waals surface area contributed by atoms with Crippen LogP contribution in [0.1, 0.15) is 0 Å². The van der Waals surface area contributed by atoms with Gasteiger partial charge in [0.05, 0.1) is 16.7 Å². The van der Waals surface area contributed by atoms with Crippen molar-refractivity contribution in [2.24, 2.45) is 0 Å². The largest absolute Gasteiger partial charge is 0.455 e. The van der Waals surface area contributed by atoms with E-state index in [0.29, 0.717) is 0 Å². The smallest absolute Gasteiger partial charge is 0.143 e. The zero-order valence-electron chi connectivity index (χ0n) is 37.3. The normalized spacial score (nSPS) is 11.8. The summed E-state index contributed by atoms with van der Waals surface area (Å²) in [5.41, 5.74) is 18.7. The molecule has 14 aromatic rings. The highest BCUT2D eigenvalue weighted by atomic mass is 16.3. The van der Waals surface area contributed by atoms with Crippen molar-refractivity contribution in [1.29, 1.82) is 0 Å². The Balaban J connectivity index is 1.02. The van der Waals surface area contributed by atoms with Crippen molar-refractivity contribution >= 4 is 65.7 Å². The van der Waals surface area contributed by atoms with Gasteiger partial charge in [-0.3, -0.25) is 4.57 Å². The summed E-state index contributed by atoms with van der Waals surface area (Å²) in [5, 5.41) is 6.66. The third-order valence-electron chi connectivity index (χ3n) is 13.8. The average molecular weight is 881 g/mol. The first-order chi connectivity index (χ1) is 34.2. The summed E-state index contributed by atoms with van der Waals surface area (Å²) in [6.07, 6.45) is 0. The number of benzene rings is 10. The molecule has 4 heteroatoms. The molecule has 14 rings (SSSR count). The van der Waals surface area contributed by atoms with E-state index in [4.69, 9.17) is 13.8 Å². The molecule has 0 spiro atoms. The molecule has 0 saturated heterocycles. The first-order valence-corrected chi connectivity index (χ1v) is 23.4. The number of hydrogen-bond donors (Lipinski definition) is 0. The third kappa shape index (κ3) is 6.49. The van der Waals surface area contributed by atoms with Crippen LogP contribution in [-0.4, -0.2) is 9.55 Å². The molecule has 0 unspecified atom stereocenters. The molecule has 0 bridgehead atoms. The lowest BCUT2D eigenvalue weighted by atomic mass is 9.97. The molecule has 0 aliphatic carbocycles. The fraction of sp³-hybridized carbons (Fsp3) is 0. The van der Waals surface area contributed by atoms with Gasteiger partial charge in [-0.2, -0.15) is 0 Å². The molecular weight excluding hydrogens is 841 g/mol. The number of furan rings is 2. The van der Waals surface area contributed by atoms with E-state index in [9.17, 15) is 0 Å². The van der Waals surface area contributed by atoms with Crippen molar-refractivity contribution in [2.75, 3.05) is 0 Å². The fourth-order valence-corrected chi connectivity index (χ4v) is 10.5. The Labute approximate surface area is 397 Å². The van der Waals surface area contributed by atoms with Crippen LogP contribution in [0.2, 0.25) is 0 Å². The van der Waals surface area contributed by atoms with Gasteiger partial charge in [0, 0.05) is 49.0 Å². The number of rotatable bonds is 7. The minimum atomic E-state index is 0.831. The summed E-state index contributed by atoms with van der Waals surface area (Å²) in [5.74, 6) is 0.831. The standard InChI is InChI=1S/C65H40N2O2/c1-3-15-41(16-4-1)43-19-11-21-45(35-43)49-39-58(48-22-12-20-44(36-48)42-17-5-2-6-18-42)66-63(40-49)67-59-33-31-46(50-25-13-27-54-52-23-7-9-29-61(52)68-64(50)54)37-56(59)57-38-47(32-34-60(57)67)51-26-14-28-55-53-24-8-10-30-62(53)69-65(51)55/h1-40H. The highest BCUT2D eigenvalue weighted by Gasteiger charge is 2.21. The van der Waals surface area contributed by atoms with Gasteiger partial charge in [-0.15, -0.1) is 0 Å². The highest BCUT2D eigenvalue weighted by molar-refractivity contribution is 6.15. The lowest BCUT2D eigenvalue weighted by Crippen LogP contribution is -2.00. The number of para-hydroxylation sites is 4. The van der Waals surface area contributed by atoms with Crippen LogP contribution in [0.15, 0.2) is 251 Å². The molecule has 0 radical (unpaired) electrons. The molecule has 322 valence electrons. The predicted molar refractivity (Wildman–Crippen MR) is 286 cm³/mol. The van der Waals surface area contributed by atoms with Crippen LogP contribution < -0.4 is 0 Å². The Kier molecular flexibility index (Phi) is 8.86. The maximum atomic E-state index is 6.61. The second-order valence-corrected chi connectivity index (χ2v) is 17.9. The minimum absolute atomic E-state index is 0.831. The molecule has 0 amide bonds. The maximum absolute atomic E-state index is 6.61. The Hall–Kier alpha value is -9.25. The lowest BCUT2D eigenvalue weighted by molar-refractivity contribution is 0.669. The molecular formula is C65H40N2O2. The number of fused-ring (bicyclic) bond motifs is 9. The van der Waals surface area contributed by atoms with Gasteiger partial charge in [-0.1, -0.05) is 182 Å². The molecule has 0 aliphatic rings. The van der Waals surface area contributed by atoms with Crippen molar-refractivity contribution < 1.29 is 8.83 Å². The molecule has 4 heterocycles. The Morgan fingerprint density at radius 1 is 0.275 bits per heavy atom. The second kappa shape index (κ2) is 15.7. The SMILES string of the molecule is c1ccc(-c2cccc(-c3cc(-c4cccc(-c5ccccc5)c4)nc(-n4c5ccc(-c6cccc7c6oc6ccccc67)cc5c5cc(-c6cccc7c6oc6ccccc67)ccc54)c3)c2)cc1. The number of aromatic nitrogens is 2. The van der Waals surface area contributed by atoms with Crippen LogP contribution in [0.25, 0.3) is 138 Å². The van der Waals surface area contributed by atoms with Gasteiger partial charge in [0.15, 0.2) is 0 Å². The van der Waals surface area contributed by atoms with Crippen LogP contribution in [0.3, 0.4) is 0 Å². The van der Waals surface area contributed by atoms with E-state index in [1.807, 2.05) is 24.3 Å². The van der Waals surface area contributed by atoms with Gasteiger partial charge in [0.2, 0.25) is 0 Å². The summed E-state index contributed by atoms with van der Waals surface area (Å²) in [6, 6.07) is 86.3. The van der Waals surface area contributed by atoms with Crippen molar-refractivity contribution in [1.82, 2.24) is 9.55 Å².